The number of hydrogen-bond acceptors (Lipinski definition) is 8. The van der Waals surface area contributed by atoms with Crippen molar-refractivity contribution >= 4 is 34.5 Å². The zero-order chi connectivity index (χ0) is 23.8. The van der Waals surface area contributed by atoms with Gasteiger partial charge in [-0.25, -0.2) is 9.37 Å². The molecule has 0 radical (unpaired) electrons. The maximum atomic E-state index is 13.3. The van der Waals surface area contributed by atoms with Gasteiger partial charge in [-0.3, -0.25) is 10.1 Å². The second-order valence-electron chi connectivity index (χ2n) is 7.38. The molecule has 3 aromatic rings. The Kier molecular flexibility index (Phi) is 7.79. The van der Waals surface area contributed by atoms with Crippen LogP contribution in [0.2, 0.25) is 0 Å². The highest BCUT2D eigenvalue weighted by molar-refractivity contribution is 7.14. The van der Waals surface area contributed by atoms with Crippen molar-refractivity contribution in [1.82, 2.24) is 13.7 Å². The quantitative estimate of drug-likeness (QED) is 0.332. The van der Waals surface area contributed by atoms with Crippen LogP contribution in [0, 0.1) is 5.82 Å². The summed E-state index contributed by atoms with van der Waals surface area (Å²) >= 11 is -1.79. The van der Waals surface area contributed by atoms with Gasteiger partial charge in [-0.2, -0.15) is 0 Å². The van der Waals surface area contributed by atoms with Gasteiger partial charge in [-0.1, -0.05) is 18.2 Å². The molecule has 1 aromatic carbocycles. The topological polar surface area (TPSA) is 115 Å². The van der Waals surface area contributed by atoms with E-state index < -0.39 is 11.1 Å². The van der Waals surface area contributed by atoms with Crippen molar-refractivity contribution < 1.29 is 18.5 Å². The number of benzene rings is 1. The van der Waals surface area contributed by atoms with Gasteiger partial charge in [0.2, 0.25) is 11.6 Å². The van der Waals surface area contributed by atoms with Crippen LogP contribution in [0.15, 0.2) is 72.6 Å². The molecule has 1 amide bonds. The van der Waals surface area contributed by atoms with E-state index in [1.54, 1.807) is 30.5 Å². The van der Waals surface area contributed by atoms with E-state index in [1.165, 1.54) is 18.4 Å². The molecule has 1 aliphatic heterocycles. The Bertz CT molecular complexity index is 1170. The molecule has 176 valence electrons. The van der Waals surface area contributed by atoms with E-state index in [2.05, 4.69) is 29.3 Å². The lowest BCUT2D eigenvalue weighted by Crippen LogP contribution is -2.26. The van der Waals surface area contributed by atoms with Crippen molar-refractivity contribution in [2.24, 2.45) is 0 Å². The Hall–Kier alpha value is -3.83. The molecule has 1 unspecified atom stereocenters. The molecule has 3 heterocycles. The standard InChI is InChI=1S/C23H23FN6O3S/c24-19-7-5-17(6-8-19)16-30(20-4-1-2-11-25-20)13-3-12-26-21-22(29-34(32)28-21)27-23(31)18-9-14-33-15-10-18/h1-2,4-11,14H,3,12-13,15-16H2,(H,26,28)(H,27,29,31). The van der Waals surface area contributed by atoms with Gasteiger partial charge >= 0.3 is 0 Å². The Morgan fingerprint density at radius 2 is 2.00 bits per heavy atom. The van der Waals surface area contributed by atoms with Crippen molar-refractivity contribution in [2.75, 3.05) is 35.2 Å². The monoisotopic (exact) mass is 482 g/mol. The highest BCUT2D eigenvalue weighted by Gasteiger charge is 2.20. The number of ether oxygens (including phenoxy) is 1. The van der Waals surface area contributed by atoms with Crippen LogP contribution in [-0.2, 0) is 16.1 Å². The summed E-state index contributed by atoms with van der Waals surface area (Å²) in [6, 6.07) is 12.1. The maximum Gasteiger partial charge on any atom is 0.256 e. The summed E-state index contributed by atoms with van der Waals surface area (Å²) < 4.78 is 38.0. The predicted octanol–water partition coefficient (Wildman–Crippen LogP) is 3.66. The lowest BCUT2D eigenvalue weighted by Gasteiger charge is -2.24. The molecule has 0 fully saturated rings. The number of rotatable bonds is 10. The third-order valence-electron chi connectivity index (χ3n) is 4.96. The van der Waals surface area contributed by atoms with Crippen molar-refractivity contribution in [3.8, 4) is 0 Å². The lowest BCUT2D eigenvalue weighted by molar-refractivity contribution is -0.112. The number of pyridine rings is 1. The normalized spacial score (nSPS) is 13.1. The molecule has 34 heavy (non-hydrogen) atoms. The van der Waals surface area contributed by atoms with Gasteiger partial charge in [0.25, 0.3) is 5.91 Å². The molecule has 1 atom stereocenters. The molecule has 2 N–H and O–H groups in total. The molecular weight excluding hydrogens is 459 g/mol. The second kappa shape index (κ2) is 11.3. The third-order valence-corrected chi connectivity index (χ3v) is 5.64. The fourth-order valence-electron chi connectivity index (χ4n) is 3.29. The average molecular weight is 483 g/mol. The van der Waals surface area contributed by atoms with Crippen LogP contribution in [-0.4, -0.2) is 43.9 Å². The number of anilines is 3. The summed E-state index contributed by atoms with van der Waals surface area (Å²) in [5.74, 6) is 0.551. The summed E-state index contributed by atoms with van der Waals surface area (Å²) in [6.45, 7) is 2.02. The van der Waals surface area contributed by atoms with Crippen LogP contribution >= 0.6 is 11.1 Å². The van der Waals surface area contributed by atoms with Gasteiger partial charge < -0.3 is 19.5 Å². The van der Waals surface area contributed by atoms with E-state index in [4.69, 9.17) is 4.74 Å². The molecule has 9 nitrogen and oxygen atoms in total. The molecule has 0 spiro atoms. The highest BCUT2D eigenvalue weighted by atomic mass is 32.2. The zero-order valence-corrected chi connectivity index (χ0v) is 19.0. The van der Waals surface area contributed by atoms with E-state index in [1.807, 2.05) is 18.2 Å². The van der Waals surface area contributed by atoms with Gasteiger partial charge in [0.15, 0.2) is 11.1 Å². The molecule has 0 saturated heterocycles. The summed E-state index contributed by atoms with van der Waals surface area (Å²) in [5, 5.41) is 5.74. The van der Waals surface area contributed by atoms with Crippen molar-refractivity contribution in [3.63, 3.8) is 0 Å². The Morgan fingerprint density at radius 3 is 2.74 bits per heavy atom. The number of halogens is 1. The number of aromatic nitrogens is 3. The molecule has 1 aliphatic rings. The highest BCUT2D eigenvalue weighted by Crippen LogP contribution is 2.24. The molecule has 2 aromatic heterocycles. The van der Waals surface area contributed by atoms with Gasteiger partial charge in [-0.05, 0) is 48.4 Å². The first-order valence-electron chi connectivity index (χ1n) is 10.6. The van der Waals surface area contributed by atoms with E-state index >= 15 is 0 Å². The molecule has 0 bridgehead atoms. The first kappa shape index (κ1) is 23.3. The Morgan fingerprint density at radius 1 is 1.18 bits per heavy atom. The molecule has 4 rings (SSSR count). The second-order valence-corrected chi connectivity index (χ2v) is 8.20. The van der Waals surface area contributed by atoms with E-state index in [0.717, 1.165) is 11.4 Å². The fourth-order valence-corrected chi connectivity index (χ4v) is 3.93. The molecule has 0 aliphatic carbocycles. The maximum absolute atomic E-state index is 13.3. The zero-order valence-electron chi connectivity index (χ0n) is 18.2. The number of carbonyl (C=O) groups is 1. The predicted molar refractivity (Wildman–Crippen MR) is 127 cm³/mol. The van der Waals surface area contributed by atoms with E-state index in [-0.39, 0.29) is 23.4 Å². The SMILES string of the molecule is O=C(Nc1n[s+]([O-])nc1NCCCN(Cc1ccc(F)cc1)c1ccccn1)C1=CCOC=C1. The minimum absolute atomic E-state index is 0.136. The summed E-state index contributed by atoms with van der Waals surface area (Å²) in [5.41, 5.74) is 1.39. The number of carbonyl (C=O) groups excluding carboxylic acids is 1. The third kappa shape index (κ3) is 6.36. The van der Waals surface area contributed by atoms with E-state index in [9.17, 15) is 13.7 Å². The molecule has 11 heteroatoms. The molecule has 0 saturated carbocycles. The van der Waals surface area contributed by atoms with Crippen molar-refractivity contribution in [3.05, 3.63) is 84.0 Å². The number of nitrogens with zero attached hydrogens (tertiary/aromatic N) is 4. The van der Waals surface area contributed by atoms with Crippen LogP contribution in [0.1, 0.15) is 12.0 Å². The molecular formula is C23H23FN6O3S. The van der Waals surface area contributed by atoms with Crippen LogP contribution in [0.25, 0.3) is 0 Å². The summed E-state index contributed by atoms with van der Waals surface area (Å²) in [6.07, 6.45) is 7.04. The van der Waals surface area contributed by atoms with Crippen LogP contribution < -0.4 is 15.5 Å². The smallest absolute Gasteiger partial charge is 0.256 e. The van der Waals surface area contributed by atoms with Gasteiger partial charge in [0.05, 0.1) is 6.26 Å². The minimum Gasteiger partial charge on any atom is -0.546 e. The average Bonchev–Trinajstić information content (AvgIpc) is 3.21. The fraction of sp³-hybridized carbons (Fsp3) is 0.217. The first-order chi connectivity index (χ1) is 16.6. The number of nitrogens with one attached hydrogen (secondary N) is 2. The van der Waals surface area contributed by atoms with E-state index in [0.29, 0.717) is 38.2 Å². The van der Waals surface area contributed by atoms with Crippen LogP contribution in [0.4, 0.5) is 21.8 Å². The van der Waals surface area contributed by atoms with Gasteiger partial charge in [-0.15, -0.1) is 0 Å². The van der Waals surface area contributed by atoms with Crippen LogP contribution in [0.3, 0.4) is 0 Å². The van der Waals surface area contributed by atoms with Crippen molar-refractivity contribution in [1.29, 1.82) is 0 Å². The van der Waals surface area contributed by atoms with Gasteiger partial charge in [0, 0.05) is 40.2 Å². The Labute approximate surface area is 199 Å². The number of hydrogen-bond donors (Lipinski definition) is 2. The largest absolute Gasteiger partial charge is 0.546 e. The first-order valence-corrected chi connectivity index (χ1v) is 11.7. The van der Waals surface area contributed by atoms with Crippen molar-refractivity contribution in [2.45, 2.75) is 13.0 Å². The lowest BCUT2D eigenvalue weighted by atomic mass is 10.2. The minimum atomic E-state index is -1.79. The Balaban J connectivity index is 1.35. The summed E-state index contributed by atoms with van der Waals surface area (Å²) in [7, 11) is 0. The van der Waals surface area contributed by atoms with Gasteiger partial charge in [0.1, 0.15) is 18.2 Å². The summed E-state index contributed by atoms with van der Waals surface area (Å²) in [4.78, 5) is 18.9. The van der Waals surface area contributed by atoms with Crippen LogP contribution in [0.5, 0.6) is 0 Å². The number of amides is 1.